The zero-order valence-corrected chi connectivity index (χ0v) is 15.3. The van der Waals surface area contributed by atoms with Gasteiger partial charge in [0.2, 0.25) is 0 Å². The number of fused-ring (bicyclic) bond motifs is 1. The van der Waals surface area contributed by atoms with Crippen molar-refractivity contribution in [3.63, 3.8) is 0 Å². The van der Waals surface area contributed by atoms with Gasteiger partial charge in [-0.05, 0) is 53.6 Å². The van der Waals surface area contributed by atoms with Gasteiger partial charge >= 0.3 is 0 Å². The molecular weight excluding hydrogens is 378 g/mol. The molecule has 6 nitrogen and oxygen atoms in total. The molecule has 4 aromatic rings. The van der Waals surface area contributed by atoms with Crippen LogP contribution in [-0.4, -0.2) is 16.1 Å². The van der Waals surface area contributed by atoms with Gasteiger partial charge in [0.15, 0.2) is 11.5 Å². The number of aromatic nitrogens is 1. The van der Waals surface area contributed by atoms with Crippen LogP contribution in [0.4, 0.5) is 11.4 Å². The predicted molar refractivity (Wildman–Crippen MR) is 109 cm³/mol. The molecule has 0 spiro atoms. The third kappa shape index (κ3) is 4.07. The van der Waals surface area contributed by atoms with Crippen molar-refractivity contribution in [3.05, 3.63) is 98.9 Å². The standard InChI is InChI=1S/C21H14ClN3O3/c22-16-5-1-14(2-6-16)11-21-24-19-12-17(7-10-20(19)28-21)23-13-15-3-8-18(9-4-15)25(26)27/h1-10,12-13H,11H2. The Morgan fingerprint density at radius 2 is 1.82 bits per heavy atom. The molecule has 0 saturated carbocycles. The summed E-state index contributed by atoms with van der Waals surface area (Å²) in [6.07, 6.45) is 2.23. The maximum atomic E-state index is 10.7. The SMILES string of the molecule is O=[N+]([O-])c1ccc(C=Nc2ccc3oc(Cc4ccc(Cl)cc4)nc3c2)cc1. The fourth-order valence-corrected chi connectivity index (χ4v) is 2.85. The number of rotatable bonds is 5. The summed E-state index contributed by atoms with van der Waals surface area (Å²) in [6.45, 7) is 0. The summed E-state index contributed by atoms with van der Waals surface area (Å²) in [7, 11) is 0. The van der Waals surface area contributed by atoms with Gasteiger partial charge in [0.25, 0.3) is 5.69 Å². The van der Waals surface area contributed by atoms with Crippen LogP contribution in [0.2, 0.25) is 5.02 Å². The van der Waals surface area contributed by atoms with Gasteiger partial charge in [-0.3, -0.25) is 15.1 Å². The monoisotopic (exact) mass is 391 g/mol. The molecule has 1 heterocycles. The van der Waals surface area contributed by atoms with Gasteiger partial charge < -0.3 is 4.42 Å². The normalized spacial score (nSPS) is 11.3. The zero-order chi connectivity index (χ0) is 19.5. The van der Waals surface area contributed by atoms with Gasteiger partial charge in [-0.15, -0.1) is 0 Å². The average molecular weight is 392 g/mol. The summed E-state index contributed by atoms with van der Waals surface area (Å²) in [5.41, 5.74) is 4.02. The quantitative estimate of drug-likeness (QED) is 0.247. The summed E-state index contributed by atoms with van der Waals surface area (Å²) in [4.78, 5) is 19.2. The molecule has 0 aliphatic carbocycles. The fraction of sp³-hybridized carbons (Fsp3) is 0.0476. The first kappa shape index (κ1) is 17.9. The Balaban J connectivity index is 1.52. The van der Waals surface area contributed by atoms with Crippen molar-refractivity contribution >= 4 is 40.3 Å². The van der Waals surface area contributed by atoms with Crippen LogP contribution >= 0.6 is 11.6 Å². The summed E-state index contributed by atoms with van der Waals surface area (Å²) in [5.74, 6) is 0.619. The molecule has 0 aliphatic rings. The Bertz CT molecular complexity index is 1170. The van der Waals surface area contributed by atoms with E-state index in [1.54, 1.807) is 18.3 Å². The first-order valence-electron chi connectivity index (χ1n) is 8.49. The number of benzene rings is 3. The van der Waals surface area contributed by atoms with E-state index in [1.807, 2.05) is 42.5 Å². The van der Waals surface area contributed by atoms with Crippen molar-refractivity contribution in [1.29, 1.82) is 0 Å². The third-order valence-electron chi connectivity index (χ3n) is 4.15. The molecule has 3 aromatic carbocycles. The number of nitro benzene ring substituents is 1. The lowest BCUT2D eigenvalue weighted by molar-refractivity contribution is -0.384. The van der Waals surface area contributed by atoms with Gasteiger partial charge in [-0.25, -0.2) is 4.98 Å². The number of hydrogen-bond acceptors (Lipinski definition) is 5. The number of non-ortho nitro benzene ring substituents is 1. The molecule has 0 atom stereocenters. The zero-order valence-electron chi connectivity index (χ0n) is 14.6. The number of oxazole rings is 1. The van der Waals surface area contributed by atoms with Crippen molar-refractivity contribution in [3.8, 4) is 0 Å². The Hall–Kier alpha value is -3.51. The summed E-state index contributed by atoms with van der Waals surface area (Å²) in [6, 6.07) is 19.3. The molecule has 7 heteroatoms. The summed E-state index contributed by atoms with van der Waals surface area (Å²) in [5, 5.41) is 11.4. The number of halogens is 1. The van der Waals surface area contributed by atoms with Crippen molar-refractivity contribution < 1.29 is 9.34 Å². The number of nitro groups is 1. The van der Waals surface area contributed by atoms with Crippen LogP contribution in [0.15, 0.2) is 76.1 Å². The van der Waals surface area contributed by atoms with Crippen molar-refractivity contribution in [1.82, 2.24) is 4.98 Å². The molecule has 4 rings (SSSR count). The van der Waals surface area contributed by atoms with Crippen LogP contribution in [-0.2, 0) is 6.42 Å². The van der Waals surface area contributed by atoms with Crippen molar-refractivity contribution in [2.75, 3.05) is 0 Å². The highest BCUT2D eigenvalue weighted by Gasteiger charge is 2.08. The van der Waals surface area contributed by atoms with Crippen LogP contribution in [0.25, 0.3) is 11.1 Å². The lowest BCUT2D eigenvalue weighted by Gasteiger charge is -1.96. The second kappa shape index (κ2) is 7.62. The van der Waals surface area contributed by atoms with E-state index in [4.69, 9.17) is 16.0 Å². The second-order valence-corrected chi connectivity index (χ2v) is 6.61. The topological polar surface area (TPSA) is 81.5 Å². The van der Waals surface area contributed by atoms with Gasteiger partial charge in [0.1, 0.15) is 5.52 Å². The Morgan fingerprint density at radius 3 is 2.54 bits per heavy atom. The van der Waals surface area contributed by atoms with E-state index in [0.29, 0.717) is 22.9 Å². The molecule has 0 amide bonds. The molecule has 1 aromatic heterocycles. The van der Waals surface area contributed by atoms with E-state index in [0.717, 1.165) is 22.3 Å². The molecule has 0 N–H and O–H groups in total. The lowest BCUT2D eigenvalue weighted by atomic mass is 10.1. The maximum Gasteiger partial charge on any atom is 0.269 e. The minimum atomic E-state index is -0.430. The molecule has 0 saturated heterocycles. The van der Waals surface area contributed by atoms with Crippen LogP contribution in [0, 0.1) is 10.1 Å². The third-order valence-corrected chi connectivity index (χ3v) is 4.40. The van der Waals surface area contributed by atoms with Crippen LogP contribution in [0.1, 0.15) is 17.0 Å². The second-order valence-electron chi connectivity index (χ2n) is 6.17. The number of hydrogen-bond donors (Lipinski definition) is 0. The molecule has 0 aliphatic heterocycles. The molecule has 0 bridgehead atoms. The molecule has 0 fully saturated rings. The Labute approximate surface area is 165 Å². The minimum Gasteiger partial charge on any atom is -0.440 e. The highest BCUT2D eigenvalue weighted by Crippen LogP contribution is 2.23. The molecular formula is C21H14ClN3O3. The minimum absolute atomic E-state index is 0.0504. The summed E-state index contributed by atoms with van der Waals surface area (Å²) < 4.78 is 5.80. The van der Waals surface area contributed by atoms with Gasteiger partial charge in [0.05, 0.1) is 10.6 Å². The largest absolute Gasteiger partial charge is 0.440 e. The average Bonchev–Trinajstić information content (AvgIpc) is 3.10. The Morgan fingerprint density at radius 1 is 1.07 bits per heavy atom. The van der Waals surface area contributed by atoms with E-state index in [1.165, 1.54) is 12.1 Å². The van der Waals surface area contributed by atoms with E-state index in [9.17, 15) is 10.1 Å². The van der Waals surface area contributed by atoms with Crippen molar-refractivity contribution in [2.24, 2.45) is 4.99 Å². The highest BCUT2D eigenvalue weighted by molar-refractivity contribution is 6.30. The number of aliphatic imine (C=N–C) groups is 1. The van der Waals surface area contributed by atoms with E-state index >= 15 is 0 Å². The first-order valence-corrected chi connectivity index (χ1v) is 8.87. The van der Waals surface area contributed by atoms with E-state index < -0.39 is 4.92 Å². The summed E-state index contributed by atoms with van der Waals surface area (Å²) >= 11 is 5.91. The molecule has 0 unspecified atom stereocenters. The molecule has 0 radical (unpaired) electrons. The highest BCUT2D eigenvalue weighted by atomic mass is 35.5. The smallest absolute Gasteiger partial charge is 0.269 e. The van der Waals surface area contributed by atoms with E-state index in [-0.39, 0.29) is 5.69 Å². The van der Waals surface area contributed by atoms with Crippen molar-refractivity contribution in [2.45, 2.75) is 6.42 Å². The van der Waals surface area contributed by atoms with Gasteiger partial charge in [-0.1, -0.05) is 23.7 Å². The molecule has 138 valence electrons. The number of nitrogens with zero attached hydrogens (tertiary/aromatic N) is 3. The lowest BCUT2D eigenvalue weighted by Crippen LogP contribution is -1.88. The first-order chi connectivity index (χ1) is 13.6. The van der Waals surface area contributed by atoms with E-state index in [2.05, 4.69) is 9.98 Å². The van der Waals surface area contributed by atoms with Gasteiger partial charge in [-0.2, -0.15) is 0 Å². The predicted octanol–water partition coefficient (Wildman–Crippen LogP) is 5.73. The fourth-order valence-electron chi connectivity index (χ4n) is 2.73. The van der Waals surface area contributed by atoms with Gasteiger partial charge in [0, 0.05) is 29.8 Å². The van der Waals surface area contributed by atoms with Crippen LogP contribution in [0.3, 0.4) is 0 Å². The van der Waals surface area contributed by atoms with Crippen LogP contribution < -0.4 is 0 Å². The molecule has 28 heavy (non-hydrogen) atoms. The van der Waals surface area contributed by atoms with Crippen LogP contribution in [0.5, 0.6) is 0 Å². The Kier molecular flexibility index (Phi) is 4.87. The maximum absolute atomic E-state index is 10.7.